The first-order chi connectivity index (χ1) is 10.0. The molecule has 0 amide bonds. The van der Waals surface area contributed by atoms with Crippen molar-refractivity contribution in [3.63, 3.8) is 0 Å². The third-order valence-corrected chi connectivity index (χ3v) is 3.93. The van der Waals surface area contributed by atoms with E-state index in [4.69, 9.17) is 34.7 Å². The lowest BCUT2D eigenvalue weighted by Gasteiger charge is -2.23. The minimum absolute atomic E-state index is 0.400. The molecule has 2 rings (SSSR count). The van der Waals surface area contributed by atoms with Gasteiger partial charge in [0.15, 0.2) is 0 Å². The summed E-state index contributed by atoms with van der Waals surface area (Å²) in [5.74, 6) is 1.72. The Morgan fingerprint density at radius 1 is 0.714 bits per heavy atom. The summed E-state index contributed by atoms with van der Waals surface area (Å²) in [4.78, 5) is 0. The Labute approximate surface area is 137 Å². The van der Waals surface area contributed by atoms with Crippen LogP contribution < -0.4 is 9.47 Å². The molecule has 0 aliphatic heterocycles. The first-order valence-electron chi connectivity index (χ1n) is 6.73. The molecule has 4 heteroatoms. The molecule has 0 saturated heterocycles. The van der Waals surface area contributed by atoms with Crippen LogP contribution in [0.25, 0.3) is 0 Å². The van der Waals surface area contributed by atoms with E-state index in [9.17, 15) is 0 Å². The van der Waals surface area contributed by atoms with Gasteiger partial charge in [0, 0.05) is 0 Å². The lowest BCUT2D eigenvalue weighted by molar-refractivity contribution is 0.414. The van der Waals surface area contributed by atoms with E-state index in [1.54, 1.807) is 14.2 Å². The molecule has 2 nitrogen and oxygen atoms in total. The summed E-state index contributed by atoms with van der Waals surface area (Å²) in [7, 11) is 3.33. The van der Waals surface area contributed by atoms with Gasteiger partial charge in [-0.2, -0.15) is 25.3 Å². The summed E-state index contributed by atoms with van der Waals surface area (Å²) in [6.45, 7) is 0. The van der Waals surface area contributed by atoms with E-state index in [1.165, 1.54) is 11.1 Å². The number of methoxy groups -OCH3 is 2. The lowest BCUT2D eigenvalue weighted by atomic mass is 10.0. The van der Waals surface area contributed by atoms with Crippen molar-refractivity contribution in [2.24, 2.45) is 0 Å². The van der Waals surface area contributed by atoms with Crippen LogP contribution in [0, 0.1) is 0 Å². The summed E-state index contributed by atoms with van der Waals surface area (Å²) in [5, 5.41) is 0. The monoisotopic (exact) mass is 320 g/mol. The van der Waals surface area contributed by atoms with E-state index in [0.717, 1.165) is 24.3 Å². The van der Waals surface area contributed by atoms with Crippen LogP contribution in [0.15, 0.2) is 48.5 Å². The van der Waals surface area contributed by atoms with Gasteiger partial charge in [0.1, 0.15) is 11.5 Å². The number of hydrogen-bond acceptors (Lipinski definition) is 4. The standard InChI is InChI=1S/C17H20O2S2/c1-18-15-7-3-13(4-8-15)11-17(20,21)12-14-5-9-16(19-2)10-6-14/h3-10,20-21H,11-12H2,1-2H3. The largest absolute Gasteiger partial charge is 0.497 e. The topological polar surface area (TPSA) is 18.5 Å². The van der Waals surface area contributed by atoms with Crippen molar-refractivity contribution in [3.8, 4) is 11.5 Å². The van der Waals surface area contributed by atoms with E-state index in [0.29, 0.717) is 0 Å². The molecule has 0 aliphatic carbocycles. The van der Waals surface area contributed by atoms with Gasteiger partial charge in [-0.25, -0.2) is 0 Å². The first-order valence-corrected chi connectivity index (χ1v) is 7.62. The van der Waals surface area contributed by atoms with Gasteiger partial charge < -0.3 is 9.47 Å². The maximum Gasteiger partial charge on any atom is 0.118 e. The Hall–Kier alpha value is -1.26. The van der Waals surface area contributed by atoms with E-state index in [1.807, 2.05) is 48.5 Å². The van der Waals surface area contributed by atoms with Crippen LogP contribution >= 0.6 is 25.3 Å². The van der Waals surface area contributed by atoms with Gasteiger partial charge in [-0.05, 0) is 48.2 Å². The van der Waals surface area contributed by atoms with Crippen LogP contribution in [-0.2, 0) is 12.8 Å². The quantitative estimate of drug-likeness (QED) is 0.618. The number of ether oxygens (including phenoxy) is 2. The fourth-order valence-electron chi connectivity index (χ4n) is 2.20. The van der Waals surface area contributed by atoms with Crippen LogP contribution in [0.3, 0.4) is 0 Å². The molecule has 0 fully saturated rings. The summed E-state index contributed by atoms with van der Waals surface area (Å²) in [5.41, 5.74) is 2.38. The molecule has 2 aromatic carbocycles. The van der Waals surface area contributed by atoms with E-state index in [2.05, 4.69) is 0 Å². The van der Waals surface area contributed by atoms with Crippen molar-refractivity contribution in [2.75, 3.05) is 14.2 Å². The molecule has 2 aromatic rings. The molecular formula is C17H20O2S2. The highest BCUT2D eigenvalue weighted by Gasteiger charge is 2.21. The lowest BCUT2D eigenvalue weighted by Crippen LogP contribution is -2.20. The Balaban J connectivity index is 2.02. The zero-order chi connectivity index (χ0) is 15.3. The molecule has 0 radical (unpaired) electrons. The normalized spacial score (nSPS) is 11.2. The van der Waals surface area contributed by atoms with Gasteiger partial charge in [-0.1, -0.05) is 24.3 Å². The highest BCUT2D eigenvalue weighted by atomic mass is 32.2. The maximum absolute atomic E-state index is 5.17. The highest BCUT2D eigenvalue weighted by Crippen LogP contribution is 2.30. The van der Waals surface area contributed by atoms with Crippen molar-refractivity contribution in [3.05, 3.63) is 59.7 Å². The van der Waals surface area contributed by atoms with Crippen LogP contribution in [-0.4, -0.2) is 18.3 Å². The third-order valence-electron chi connectivity index (χ3n) is 3.29. The third kappa shape index (κ3) is 4.90. The second-order valence-electron chi connectivity index (χ2n) is 5.03. The average molecular weight is 320 g/mol. The Morgan fingerprint density at radius 2 is 1.05 bits per heavy atom. The first kappa shape index (κ1) is 16.1. The molecule has 0 N–H and O–H groups in total. The summed E-state index contributed by atoms with van der Waals surface area (Å²) >= 11 is 9.42. The second-order valence-corrected chi connectivity index (χ2v) is 7.10. The fourth-order valence-corrected chi connectivity index (χ4v) is 2.93. The minimum atomic E-state index is -0.400. The van der Waals surface area contributed by atoms with Crippen molar-refractivity contribution >= 4 is 25.3 Å². The zero-order valence-corrected chi connectivity index (χ0v) is 14.0. The molecule has 0 spiro atoms. The van der Waals surface area contributed by atoms with E-state index >= 15 is 0 Å². The summed E-state index contributed by atoms with van der Waals surface area (Å²) in [6, 6.07) is 16.0. The smallest absolute Gasteiger partial charge is 0.118 e. The van der Waals surface area contributed by atoms with Crippen molar-refractivity contribution in [1.29, 1.82) is 0 Å². The molecule has 0 bridgehead atoms. The number of benzene rings is 2. The Bertz CT molecular complexity index is 511. The second kappa shape index (κ2) is 7.14. The molecular weight excluding hydrogens is 300 g/mol. The Morgan fingerprint density at radius 3 is 1.33 bits per heavy atom. The van der Waals surface area contributed by atoms with E-state index < -0.39 is 4.08 Å². The number of rotatable bonds is 6. The average Bonchev–Trinajstić information content (AvgIpc) is 2.48. The fraction of sp³-hybridized carbons (Fsp3) is 0.294. The maximum atomic E-state index is 5.17. The van der Waals surface area contributed by atoms with Crippen molar-refractivity contribution < 1.29 is 9.47 Å². The van der Waals surface area contributed by atoms with Gasteiger partial charge in [0.05, 0.1) is 18.3 Å². The molecule has 21 heavy (non-hydrogen) atoms. The molecule has 0 aliphatic rings. The van der Waals surface area contributed by atoms with Crippen molar-refractivity contribution in [2.45, 2.75) is 16.9 Å². The molecule has 112 valence electrons. The van der Waals surface area contributed by atoms with Crippen LogP contribution in [0.4, 0.5) is 0 Å². The minimum Gasteiger partial charge on any atom is -0.497 e. The van der Waals surface area contributed by atoms with Gasteiger partial charge in [0.25, 0.3) is 0 Å². The van der Waals surface area contributed by atoms with Crippen LogP contribution in [0.2, 0.25) is 0 Å². The van der Waals surface area contributed by atoms with E-state index in [-0.39, 0.29) is 0 Å². The number of hydrogen-bond donors (Lipinski definition) is 2. The number of thiol groups is 2. The predicted octanol–water partition coefficient (Wildman–Crippen LogP) is 4.04. The molecule has 0 aromatic heterocycles. The highest BCUT2D eigenvalue weighted by molar-refractivity contribution is 8.00. The van der Waals surface area contributed by atoms with Crippen molar-refractivity contribution in [1.82, 2.24) is 0 Å². The molecule has 0 atom stereocenters. The molecule has 0 saturated carbocycles. The Kier molecular flexibility index (Phi) is 5.48. The van der Waals surface area contributed by atoms with Gasteiger partial charge in [-0.3, -0.25) is 0 Å². The summed E-state index contributed by atoms with van der Waals surface area (Å²) < 4.78 is 9.93. The molecule has 0 heterocycles. The zero-order valence-electron chi connectivity index (χ0n) is 12.2. The van der Waals surface area contributed by atoms with Gasteiger partial charge >= 0.3 is 0 Å². The van der Waals surface area contributed by atoms with Crippen LogP contribution in [0.1, 0.15) is 11.1 Å². The van der Waals surface area contributed by atoms with Gasteiger partial charge in [0.2, 0.25) is 0 Å². The summed E-state index contributed by atoms with van der Waals surface area (Å²) in [6.07, 6.45) is 1.55. The van der Waals surface area contributed by atoms with Gasteiger partial charge in [-0.15, -0.1) is 0 Å². The SMILES string of the molecule is COc1ccc(CC(S)(S)Cc2ccc(OC)cc2)cc1. The molecule has 0 unspecified atom stereocenters. The predicted molar refractivity (Wildman–Crippen MR) is 94.1 cm³/mol. The van der Waals surface area contributed by atoms with Crippen LogP contribution in [0.5, 0.6) is 11.5 Å².